The third kappa shape index (κ3) is 12.9. The number of aromatic hydroxyl groups is 2. The SMILES string of the molecule is COc1cc(C[C@H]2[C@H](O)CSS[C@H]3C[C@@H](O)c4cccc5cn(cc45)COCCC[C@@H]4NC(=O)[C@@H]5C#CC[C@@H]6C#C[C@]78C[C@H](C)CC[C@@H]7[C@@H](CC[C@@]87C[C@@H](CC[C@@H]7CNC6)Oc6cc(c3cc6O)CC[C@H](OCO)C[C@H]2O)C[C@@H](O)[C@H]45)cc(OCO)c1O. The van der Waals surface area contributed by atoms with Crippen molar-refractivity contribution in [1.29, 1.82) is 0 Å². The molecule has 18 atom stereocenters. The smallest absolute Gasteiger partial charge is 0.235 e. The zero-order valence-electron chi connectivity index (χ0n) is 50.7. The van der Waals surface area contributed by atoms with Crippen LogP contribution < -0.4 is 24.8 Å². The van der Waals surface area contributed by atoms with E-state index in [1.54, 1.807) is 18.2 Å². The molecule has 19 heteroatoms. The Morgan fingerprint density at radius 2 is 1.74 bits per heavy atom. The van der Waals surface area contributed by atoms with Crippen LogP contribution in [0.2, 0.25) is 0 Å². The van der Waals surface area contributed by atoms with E-state index in [4.69, 9.17) is 23.7 Å². The molecule has 88 heavy (non-hydrogen) atoms. The summed E-state index contributed by atoms with van der Waals surface area (Å²) in [6.45, 7) is 3.29. The lowest BCUT2D eigenvalue weighted by atomic mass is 9.38. The van der Waals surface area contributed by atoms with Crippen LogP contribution in [-0.2, 0) is 33.8 Å². The molecule has 476 valence electrons. The second-order valence-electron chi connectivity index (χ2n) is 26.8. The maximum absolute atomic E-state index is 14.0. The number of aromatic nitrogens is 1. The minimum absolute atomic E-state index is 0.0167. The fourth-order valence-electron chi connectivity index (χ4n) is 17.5. The van der Waals surface area contributed by atoms with E-state index in [0.29, 0.717) is 74.8 Å². The number of nitrogens with zero attached hydrogens (tertiary/aromatic N) is 1. The third-order valence-corrected chi connectivity index (χ3v) is 24.5. The van der Waals surface area contributed by atoms with Crippen molar-refractivity contribution in [3.63, 3.8) is 0 Å². The van der Waals surface area contributed by atoms with Crippen molar-refractivity contribution in [2.45, 2.75) is 171 Å². The number of hydrogen-bond acceptors (Lipinski definition) is 17. The van der Waals surface area contributed by atoms with Gasteiger partial charge in [-0.3, -0.25) is 4.79 Å². The number of aliphatic hydroxyl groups excluding tert-OH is 6. The molecule has 12 bridgehead atoms. The molecular weight excluding hydrogens is 1160 g/mol. The molecule has 10 N–H and O–H groups in total. The molecule has 4 fully saturated rings. The van der Waals surface area contributed by atoms with Crippen LogP contribution in [0.15, 0.2) is 54.9 Å². The molecule has 1 aromatic heterocycles. The number of hydrogen-bond donors (Lipinski definition) is 10. The number of fused-ring (bicyclic) bond motifs is 2. The quantitative estimate of drug-likeness (QED) is 0.0473. The van der Waals surface area contributed by atoms with Crippen LogP contribution in [0.1, 0.15) is 137 Å². The Morgan fingerprint density at radius 1 is 0.875 bits per heavy atom. The van der Waals surface area contributed by atoms with Gasteiger partial charge in [0.1, 0.15) is 19.4 Å². The van der Waals surface area contributed by atoms with E-state index in [2.05, 4.69) is 41.2 Å². The summed E-state index contributed by atoms with van der Waals surface area (Å²) >= 11 is 0. The molecule has 6 aliphatic heterocycles. The molecule has 14 rings (SSSR count). The van der Waals surface area contributed by atoms with Gasteiger partial charge in [-0.05, 0) is 184 Å². The summed E-state index contributed by atoms with van der Waals surface area (Å²) in [6, 6.07) is 12.5. The number of phenolic OH excluding ortho intramolecular Hbond substituents is 2. The number of phenols is 2. The number of benzene rings is 3. The lowest BCUT2D eigenvalue weighted by Crippen LogP contribution is -2.62. The van der Waals surface area contributed by atoms with Gasteiger partial charge in [-0.15, -0.1) is 5.92 Å². The zero-order valence-corrected chi connectivity index (χ0v) is 52.3. The first-order valence-electron chi connectivity index (χ1n) is 32.2. The van der Waals surface area contributed by atoms with Gasteiger partial charge < -0.3 is 79.7 Å². The minimum Gasteiger partial charge on any atom is -0.504 e. The van der Waals surface area contributed by atoms with Crippen LogP contribution >= 0.6 is 21.6 Å². The second kappa shape index (κ2) is 27.5. The third-order valence-electron chi connectivity index (χ3n) is 21.7. The standard InChI is InChI=1S/C69H89N3O14S2/c1-40-11-16-54-44-18-20-68-31-48-15-13-46(68)33-70-32-41(17-19-69(54,68)30-40)6-3-9-50-65(59(78)25-44)55(71-67(50)81)10-5-21-83-37-72-34-45-7-4-8-49(53(45)35-72)57(76)29-64-51-28-58(77)61(86-48)26-43(51)12-14-47(84-38-73)27-56(75)52(60(79)36-87-88-64)22-42-23-62(82-2)66(80)63(24-42)85-39-74/h4,7-8,23-24,26,28,34-35,40-41,44,46-48,50,52,54-57,59-60,64-65,70,73-80H,5-6,10-16,18,20-22,25,27,29-33,36-39H2,1-2H3,(H,71,81)/t40-,41-,44+,46-,47+,48-,50-,52-,54-,55+,56-,57-,59-,60-,64+,65+,68+,69+/m1/s1. The van der Waals surface area contributed by atoms with Gasteiger partial charge in [0.05, 0.1) is 43.7 Å². The molecule has 7 heterocycles. The molecule has 1 saturated heterocycles. The lowest BCUT2D eigenvalue weighted by Gasteiger charge is -2.65. The van der Waals surface area contributed by atoms with Crippen molar-refractivity contribution < 1.29 is 69.3 Å². The fraction of sp³-hybridized carbons (Fsp3) is 0.638. The average molecular weight is 1250 g/mol. The van der Waals surface area contributed by atoms with Crippen LogP contribution in [-0.4, -0.2) is 134 Å². The van der Waals surface area contributed by atoms with E-state index in [9.17, 15) is 45.6 Å². The molecular formula is C69H89N3O14S2. The first-order valence-corrected chi connectivity index (χ1v) is 34.6. The van der Waals surface area contributed by atoms with Gasteiger partial charge in [0, 0.05) is 77.6 Å². The van der Waals surface area contributed by atoms with Gasteiger partial charge in [-0.1, -0.05) is 70.9 Å². The van der Waals surface area contributed by atoms with Crippen molar-refractivity contribution in [1.82, 2.24) is 15.2 Å². The molecule has 4 aliphatic carbocycles. The number of carbonyl (C=O) groups excluding carboxylic acids is 1. The number of methoxy groups -OCH3 is 1. The van der Waals surface area contributed by atoms with Crippen molar-refractivity contribution >= 4 is 38.3 Å². The fourth-order valence-corrected chi connectivity index (χ4v) is 20.4. The molecule has 10 aliphatic rings. The predicted molar refractivity (Wildman–Crippen MR) is 336 cm³/mol. The van der Waals surface area contributed by atoms with Gasteiger partial charge >= 0.3 is 0 Å². The first-order chi connectivity index (χ1) is 42.7. The summed E-state index contributed by atoms with van der Waals surface area (Å²) in [5, 5.41) is 102. The monoisotopic (exact) mass is 1250 g/mol. The number of aliphatic hydroxyl groups is 6. The summed E-state index contributed by atoms with van der Waals surface area (Å²) < 4.78 is 32.4. The van der Waals surface area contributed by atoms with Crippen molar-refractivity contribution in [3.05, 3.63) is 77.1 Å². The van der Waals surface area contributed by atoms with Gasteiger partial charge in [0.25, 0.3) is 0 Å². The average Bonchev–Trinajstić information content (AvgIpc) is 1.08. The van der Waals surface area contributed by atoms with E-state index in [1.165, 1.54) is 28.7 Å². The topological polar surface area (TPSA) is 254 Å². The van der Waals surface area contributed by atoms with Crippen molar-refractivity contribution in [2.24, 2.45) is 58.2 Å². The maximum Gasteiger partial charge on any atom is 0.235 e. The number of aryl methyl sites for hydroxylation is 1. The Hall–Kier alpha value is -4.87. The highest BCUT2D eigenvalue weighted by Crippen LogP contribution is 2.69. The van der Waals surface area contributed by atoms with E-state index >= 15 is 0 Å². The molecule has 3 aromatic carbocycles. The Morgan fingerprint density at radius 3 is 2.58 bits per heavy atom. The molecule has 17 nitrogen and oxygen atoms in total. The highest BCUT2D eigenvalue weighted by atomic mass is 33.1. The van der Waals surface area contributed by atoms with E-state index < -0.39 is 61.2 Å². The molecule has 0 unspecified atom stereocenters. The Kier molecular flexibility index (Phi) is 19.8. The summed E-state index contributed by atoms with van der Waals surface area (Å²) in [6.07, 6.45) is 9.92. The summed E-state index contributed by atoms with van der Waals surface area (Å²) in [4.78, 5) is 14.0. The predicted octanol–water partition coefficient (Wildman–Crippen LogP) is 8.43. The summed E-state index contributed by atoms with van der Waals surface area (Å²) in [7, 11) is 4.30. The van der Waals surface area contributed by atoms with E-state index in [0.717, 1.165) is 85.4 Å². The normalized spacial score (nSPS) is 36.3. The number of nitrogens with one attached hydrogen (secondary N) is 2. The molecule has 4 aromatic rings. The summed E-state index contributed by atoms with van der Waals surface area (Å²) in [5.41, 5.74) is 2.31. The van der Waals surface area contributed by atoms with Gasteiger partial charge in [0.2, 0.25) is 11.7 Å². The Bertz CT molecular complexity index is 3250. The molecule has 2 spiro atoms. The second-order valence-corrected chi connectivity index (χ2v) is 29.4. The Labute approximate surface area is 524 Å². The Balaban J connectivity index is 0.940. The number of carbonyl (C=O) groups is 1. The van der Waals surface area contributed by atoms with Gasteiger partial charge in [-0.2, -0.15) is 0 Å². The first kappa shape index (κ1) is 63.3. The maximum atomic E-state index is 14.0. The molecule has 3 saturated carbocycles. The highest BCUT2D eigenvalue weighted by Gasteiger charge is 2.65. The number of ether oxygens (including phenoxy) is 5. The van der Waals surface area contributed by atoms with Gasteiger partial charge in [0.15, 0.2) is 29.8 Å². The zero-order chi connectivity index (χ0) is 61.3. The van der Waals surface area contributed by atoms with Crippen LogP contribution in [0.25, 0.3) is 10.8 Å². The van der Waals surface area contributed by atoms with Crippen molar-refractivity contribution in [3.8, 4) is 52.4 Å². The van der Waals surface area contributed by atoms with Crippen LogP contribution in [0, 0.1) is 81.9 Å². The molecule has 0 radical (unpaired) electrons. The molecule has 1 amide bonds. The number of amides is 1. The van der Waals surface area contributed by atoms with E-state index in [-0.39, 0.29) is 107 Å². The lowest BCUT2D eigenvalue weighted by molar-refractivity contribution is -0.161. The van der Waals surface area contributed by atoms with Gasteiger partial charge in [-0.25, -0.2) is 0 Å². The van der Waals surface area contributed by atoms with Crippen molar-refractivity contribution in [2.75, 3.05) is 46.1 Å². The highest BCUT2D eigenvalue weighted by molar-refractivity contribution is 8.76. The summed E-state index contributed by atoms with van der Waals surface area (Å²) in [5.74, 6) is 14.5. The van der Waals surface area contributed by atoms with Crippen LogP contribution in [0.5, 0.6) is 28.7 Å². The minimum atomic E-state index is -1.14. The largest absolute Gasteiger partial charge is 0.504 e. The van der Waals surface area contributed by atoms with Crippen LogP contribution in [0.4, 0.5) is 0 Å². The van der Waals surface area contributed by atoms with Crippen LogP contribution in [0.3, 0.4) is 0 Å². The van der Waals surface area contributed by atoms with E-state index in [1.807, 2.05) is 41.2 Å². The number of rotatable bonds is 7.